The van der Waals surface area contributed by atoms with Crippen molar-refractivity contribution < 1.29 is 22.7 Å². The van der Waals surface area contributed by atoms with E-state index < -0.39 is 6.36 Å². The van der Waals surface area contributed by atoms with Crippen LogP contribution in [0.5, 0.6) is 5.75 Å². The van der Waals surface area contributed by atoms with Crippen molar-refractivity contribution in [2.45, 2.75) is 19.2 Å². The molecular formula is C11H14ClF3N2O2. The Kier molecular flexibility index (Phi) is 7.25. The Labute approximate surface area is 114 Å². The molecule has 0 bridgehead atoms. The predicted molar refractivity (Wildman–Crippen MR) is 67.3 cm³/mol. The van der Waals surface area contributed by atoms with Gasteiger partial charge in [0.15, 0.2) is 0 Å². The number of nitrogens with one attached hydrogen (secondary N) is 1. The highest BCUT2D eigenvalue weighted by Crippen LogP contribution is 2.25. The molecule has 0 unspecified atom stereocenters. The van der Waals surface area contributed by atoms with Gasteiger partial charge >= 0.3 is 6.36 Å². The molecule has 1 amide bonds. The molecule has 0 saturated carbocycles. The minimum absolute atomic E-state index is 0. The Morgan fingerprint density at radius 1 is 1.37 bits per heavy atom. The number of nitrogens with two attached hydrogens (primary N) is 1. The van der Waals surface area contributed by atoms with Crippen LogP contribution in [0.2, 0.25) is 0 Å². The molecular weight excluding hydrogens is 285 g/mol. The van der Waals surface area contributed by atoms with E-state index in [-0.39, 0.29) is 36.2 Å². The number of ether oxygens (including phenoxy) is 1. The average molecular weight is 299 g/mol. The lowest BCUT2D eigenvalue weighted by Gasteiger charge is -2.10. The van der Waals surface area contributed by atoms with Gasteiger partial charge in [0, 0.05) is 18.2 Å². The molecule has 0 aromatic heterocycles. The monoisotopic (exact) mass is 298 g/mol. The maximum Gasteiger partial charge on any atom is 0.573 e. The van der Waals surface area contributed by atoms with Crippen molar-refractivity contribution in [1.82, 2.24) is 0 Å². The highest BCUT2D eigenvalue weighted by atomic mass is 35.5. The average Bonchev–Trinajstić information content (AvgIpc) is 2.24. The summed E-state index contributed by atoms with van der Waals surface area (Å²) in [6.07, 6.45) is -4.01. The van der Waals surface area contributed by atoms with E-state index in [0.717, 1.165) is 12.1 Å². The number of benzene rings is 1. The number of amides is 1. The van der Waals surface area contributed by atoms with Crippen molar-refractivity contribution >= 4 is 24.0 Å². The second kappa shape index (κ2) is 7.85. The molecule has 0 spiro atoms. The molecule has 0 aliphatic heterocycles. The second-order valence-corrected chi connectivity index (χ2v) is 3.52. The number of alkyl halides is 3. The van der Waals surface area contributed by atoms with Gasteiger partial charge in [-0.1, -0.05) is 6.07 Å². The van der Waals surface area contributed by atoms with Gasteiger partial charge in [0.1, 0.15) is 5.75 Å². The van der Waals surface area contributed by atoms with Crippen molar-refractivity contribution in [1.29, 1.82) is 0 Å². The van der Waals surface area contributed by atoms with E-state index in [9.17, 15) is 18.0 Å². The second-order valence-electron chi connectivity index (χ2n) is 3.52. The minimum atomic E-state index is -4.75. The van der Waals surface area contributed by atoms with Gasteiger partial charge in [0.05, 0.1) is 0 Å². The van der Waals surface area contributed by atoms with Crippen LogP contribution in [0, 0.1) is 0 Å². The molecule has 0 atom stereocenters. The quantitative estimate of drug-likeness (QED) is 0.878. The zero-order chi connectivity index (χ0) is 13.6. The molecule has 0 radical (unpaired) electrons. The van der Waals surface area contributed by atoms with Crippen LogP contribution >= 0.6 is 12.4 Å². The van der Waals surface area contributed by atoms with Gasteiger partial charge in [0.2, 0.25) is 5.91 Å². The van der Waals surface area contributed by atoms with Gasteiger partial charge in [0.25, 0.3) is 0 Å². The number of anilines is 1. The van der Waals surface area contributed by atoms with E-state index in [2.05, 4.69) is 10.1 Å². The highest BCUT2D eigenvalue weighted by molar-refractivity contribution is 5.90. The molecule has 1 aromatic rings. The predicted octanol–water partition coefficient (Wildman–Crippen LogP) is 2.68. The van der Waals surface area contributed by atoms with Crippen molar-refractivity contribution in [3.05, 3.63) is 24.3 Å². The summed E-state index contributed by atoms with van der Waals surface area (Å²) in [5.41, 5.74) is 5.49. The first kappa shape index (κ1) is 17.5. The van der Waals surface area contributed by atoms with Gasteiger partial charge < -0.3 is 15.8 Å². The fourth-order valence-electron chi connectivity index (χ4n) is 1.26. The van der Waals surface area contributed by atoms with Crippen molar-refractivity contribution in [2.75, 3.05) is 11.9 Å². The molecule has 4 nitrogen and oxygen atoms in total. The zero-order valence-electron chi connectivity index (χ0n) is 9.87. The summed E-state index contributed by atoms with van der Waals surface area (Å²) >= 11 is 0. The maximum absolute atomic E-state index is 12.0. The van der Waals surface area contributed by atoms with Crippen molar-refractivity contribution in [2.24, 2.45) is 5.73 Å². The summed E-state index contributed by atoms with van der Waals surface area (Å²) in [5, 5.41) is 2.46. The SMILES string of the molecule is Cl.NCCCC(=O)Nc1cccc(OC(F)(F)F)c1. The smallest absolute Gasteiger partial charge is 0.406 e. The molecule has 1 aromatic carbocycles. The molecule has 0 heterocycles. The largest absolute Gasteiger partial charge is 0.573 e. The highest BCUT2D eigenvalue weighted by Gasteiger charge is 2.31. The van der Waals surface area contributed by atoms with Gasteiger partial charge in [-0.3, -0.25) is 4.79 Å². The van der Waals surface area contributed by atoms with E-state index >= 15 is 0 Å². The van der Waals surface area contributed by atoms with Gasteiger partial charge in [-0.25, -0.2) is 0 Å². The van der Waals surface area contributed by atoms with E-state index in [4.69, 9.17) is 5.73 Å². The minimum Gasteiger partial charge on any atom is -0.406 e. The Hall–Kier alpha value is -1.47. The van der Waals surface area contributed by atoms with Crippen molar-refractivity contribution in [3.8, 4) is 5.75 Å². The Morgan fingerprint density at radius 2 is 2.05 bits per heavy atom. The molecule has 19 heavy (non-hydrogen) atoms. The van der Waals surface area contributed by atoms with E-state index in [1.54, 1.807) is 0 Å². The number of rotatable bonds is 5. The summed E-state index contributed by atoms with van der Waals surface area (Å²) in [5.74, 6) is -0.677. The summed E-state index contributed by atoms with van der Waals surface area (Å²) in [7, 11) is 0. The molecule has 0 aliphatic rings. The Balaban J connectivity index is 0.00000324. The third-order valence-corrected chi connectivity index (χ3v) is 1.96. The van der Waals surface area contributed by atoms with Crippen LogP contribution in [-0.4, -0.2) is 18.8 Å². The topological polar surface area (TPSA) is 64.4 Å². The van der Waals surface area contributed by atoms with Crippen LogP contribution < -0.4 is 15.8 Å². The molecule has 0 aliphatic carbocycles. The molecule has 0 saturated heterocycles. The van der Waals surface area contributed by atoms with Crippen LogP contribution in [0.15, 0.2) is 24.3 Å². The fraction of sp³-hybridized carbons (Fsp3) is 0.364. The fourth-order valence-corrected chi connectivity index (χ4v) is 1.26. The van der Waals surface area contributed by atoms with E-state index in [1.165, 1.54) is 12.1 Å². The number of carbonyl (C=O) groups is 1. The third-order valence-electron chi connectivity index (χ3n) is 1.96. The van der Waals surface area contributed by atoms with E-state index in [0.29, 0.717) is 13.0 Å². The summed E-state index contributed by atoms with van der Waals surface area (Å²) in [6.45, 7) is 0.380. The first-order valence-corrected chi connectivity index (χ1v) is 5.26. The zero-order valence-corrected chi connectivity index (χ0v) is 10.7. The first-order chi connectivity index (χ1) is 8.40. The lowest BCUT2D eigenvalue weighted by molar-refractivity contribution is -0.274. The van der Waals surface area contributed by atoms with Crippen molar-refractivity contribution in [3.63, 3.8) is 0 Å². The lowest BCUT2D eigenvalue weighted by atomic mass is 10.2. The lowest BCUT2D eigenvalue weighted by Crippen LogP contribution is -2.17. The standard InChI is InChI=1S/C11H13F3N2O2.ClH/c12-11(13,14)18-9-4-1-3-8(7-9)16-10(17)5-2-6-15;/h1,3-4,7H,2,5-6,15H2,(H,16,17);1H. The molecule has 108 valence electrons. The summed E-state index contributed by atoms with van der Waals surface area (Å²) < 4.78 is 39.7. The third kappa shape index (κ3) is 7.53. The van der Waals surface area contributed by atoms with E-state index in [1.807, 2.05) is 0 Å². The summed E-state index contributed by atoms with van der Waals surface area (Å²) in [6, 6.07) is 5.10. The number of hydrogen-bond donors (Lipinski definition) is 2. The molecule has 1 rings (SSSR count). The van der Waals surface area contributed by atoms with Crippen LogP contribution in [-0.2, 0) is 4.79 Å². The maximum atomic E-state index is 12.0. The van der Waals surface area contributed by atoms with Crippen LogP contribution in [0.3, 0.4) is 0 Å². The Bertz CT molecular complexity index is 413. The van der Waals surface area contributed by atoms with Crippen LogP contribution in [0.25, 0.3) is 0 Å². The number of carbonyl (C=O) groups excluding carboxylic acids is 1. The Morgan fingerprint density at radius 3 is 2.63 bits per heavy atom. The van der Waals surface area contributed by atoms with Gasteiger partial charge in [-0.15, -0.1) is 25.6 Å². The summed E-state index contributed by atoms with van der Waals surface area (Å²) in [4.78, 5) is 11.3. The van der Waals surface area contributed by atoms with Crippen LogP contribution in [0.4, 0.5) is 18.9 Å². The van der Waals surface area contributed by atoms with Crippen LogP contribution in [0.1, 0.15) is 12.8 Å². The first-order valence-electron chi connectivity index (χ1n) is 5.26. The molecule has 8 heteroatoms. The van der Waals surface area contributed by atoms with Gasteiger partial charge in [-0.05, 0) is 25.1 Å². The molecule has 0 fully saturated rings. The molecule has 3 N–H and O–H groups in total. The normalized spacial score (nSPS) is 10.5. The van der Waals surface area contributed by atoms with Gasteiger partial charge in [-0.2, -0.15) is 0 Å². The number of halogens is 4. The number of hydrogen-bond acceptors (Lipinski definition) is 3.